The van der Waals surface area contributed by atoms with E-state index in [0.717, 1.165) is 24.2 Å². The molecule has 0 radical (unpaired) electrons. The van der Waals surface area contributed by atoms with E-state index >= 15 is 0 Å². The first-order valence-corrected chi connectivity index (χ1v) is 8.13. The minimum Gasteiger partial charge on any atom is -0.359 e. The number of sulfonamides is 1. The van der Waals surface area contributed by atoms with Crippen molar-refractivity contribution in [1.82, 2.24) is 9.46 Å². The second-order valence-electron chi connectivity index (χ2n) is 5.10. The molecule has 0 saturated carbocycles. The summed E-state index contributed by atoms with van der Waals surface area (Å²) in [6.07, 6.45) is 1.44. The molecule has 1 saturated heterocycles. The molecule has 0 N–H and O–H groups in total. The van der Waals surface area contributed by atoms with Crippen LogP contribution < -0.4 is 0 Å². The van der Waals surface area contributed by atoms with E-state index in [0.29, 0.717) is 18.7 Å². The van der Waals surface area contributed by atoms with E-state index in [-0.39, 0.29) is 10.9 Å². The molecule has 1 unspecified atom stereocenters. The molecule has 0 bridgehead atoms. The monoisotopic (exact) mass is 310 g/mol. The van der Waals surface area contributed by atoms with Crippen molar-refractivity contribution < 1.29 is 17.3 Å². The Balaban J connectivity index is 1.96. The maximum atomic E-state index is 13.0. The van der Waals surface area contributed by atoms with E-state index in [1.165, 1.54) is 16.4 Å². The summed E-state index contributed by atoms with van der Waals surface area (Å²) < 4.78 is 44.9. The van der Waals surface area contributed by atoms with Gasteiger partial charge in [-0.15, -0.1) is 0 Å². The minimum absolute atomic E-state index is 0.0898. The van der Waals surface area contributed by atoms with Crippen molar-refractivity contribution in [2.75, 3.05) is 6.54 Å². The van der Waals surface area contributed by atoms with E-state index in [4.69, 9.17) is 4.52 Å². The summed E-state index contributed by atoms with van der Waals surface area (Å²) in [7, 11) is -3.66. The number of halogens is 1. The lowest BCUT2D eigenvalue weighted by molar-refractivity contribution is 0.297. The number of aryl methyl sites for hydroxylation is 1. The fourth-order valence-corrected chi connectivity index (χ4v) is 4.26. The van der Waals surface area contributed by atoms with Crippen LogP contribution in [0.5, 0.6) is 0 Å². The van der Waals surface area contributed by atoms with Crippen LogP contribution >= 0.6 is 0 Å². The summed E-state index contributed by atoms with van der Waals surface area (Å²) in [5.74, 6) is 0.0912. The van der Waals surface area contributed by atoms with Crippen molar-refractivity contribution in [2.24, 2.45) is 0 Å². The largest absolute Gasteiger partial charge is 0.359 e. The fourth-order valence-electron chi connectivity index (χ4n) is 2.59. The Hall–Kier alpha value is -1.73. The van der Waals surface area contributed by atoms with Gasteiger partial charge >= 0.3 is 0 Å². The molecule has 5 nitrogen and oxygen atoms in total. The SMILES string of the molecule is Cc1cc(C2CCCN2S(=O)(=O)c2ccc(F)cc2)on1. The van der Waals surface area contributed by atoms with Gasteiger partial charge in [-0.3, -0.25) is 0 Å². The van der Waals surface area contributed by atoms with Crippen LogP contribution in [0.4, 0.5) is 4.39 Å². The van der Waals surface area contributed by atoms with Gasteiger partial charge in [0.25, 0.3) is 0 Å². The van der Waals surface area contributed by atoms with Gasteiger partial charge < -0.3 is 4.52 Å². The summed E-state index contributed by atoms with van der Waals surface area (Å²) in [4.78, 5) is 0.0898. The number of hydrogen-bond acceptors (Lipinski definition) is 4. The van der Waals surface area contributed by atoms with E-state index in [9.17, 15) is 12.8 Å². The molecule has 1 atom stereocenters. The van der Waals surface area contributed by atoms with Crippen LogP contribution in [0.15, 0.2) is 39.8 Å². The molecule has 21 heavy (non-hydrogen) atoms. The Morgan fingerprint density at radius 2 is 2.05 bits per heavy atom. The molecule has 2 heterocycles. The Kier molecular flexibility index (Phi) is 3.54. The van der Waals surface area contributed by atoms with Gasteiger partial charge in [0, 0.05) is 12.6 Å². The van der Waals surface area contributed by atoms with Crippen LogP contribution in [0.2, 0.25) is 0 Å². The number of aromatic nitrogens is 1. The van der Waals surface area contributed by atoms with Crippen LogP contribution in [0.3, 0.4) is 0 Å². The smallest absolute Gasteiger partial charge is 0.243 e. The molecule has 3 rings (SSSR count). The van der Waals surface area contributed by atoms with Crippen LogP contribution in [0.1, 0.15) is 30.3 Å². The molecule has 1 fully saturated rings. The predicted octanol–water partition coefficient (Wildman–Crippen LogP) is 2.65. The molecule has 0 spiro atoms. The third kappa shape index (κ3) is 2.58. The first kappa shape index (κ1) is 14.2. The molecule has 0 amide bonds. The zero-order valence-electron chi connectivity index (χ0n) is 11.5. The Morgan fingerprint density at radius 3 is 2.67 bits per heavy atom. The maximum Gasteiger partial charge on any atom is 0.243 e. The summed E-state index contributed by atoms with van der Waals surface area (Å²) in [6.45, 7) is 2.21. The zero-order chi connectivity index (χ0) is 15.0. The number of benzene rings is 1. The Bertz CT molecular complexity index is 740. The number of rotatable bonds is 3. The van der Waals surface area contributed by atoms with Crippen molar-refractivity contribution in [3.05, 3.63) is 47.6 Å². The van der Waals surface area contributed by atoms with Crippen LogP contribution in [-0.4, -0.2) is 24.4 Å². The Labute approximate surface area is 122 Å². The van der Waals surface area contributed by atoms with E-state index in [1.54, 1.807) is 13.0 Å². The first-order chi connectivity index (χ1) is 9.98. The summed E-state index contributed by atoms with van der Waals surface area (Å²) >= 11 is 0. The number of nitrogens with zero attached hydrogens (tertiary/aromatic N) is 2. The maximum absolute atomic E-state index is 13.0. The third-order valence-electron chi connectivity index (χ3n) is 3.60. The first-order valence-electron chi connectivity index (χ1n) is 6.69. The molecule has 1 aliphatic rings. The second-order valence-corrected chi connectivity index (χ2v) is 6.99. The fraction of sp³-hybridized carbons (Fsp3) is 0.357. The average Bonchev–Trinajstić information content (AvgIpc) is 3.07. The lowest BCUT2D eigenvalue weighted by atomic mass is 10.2. The molecule has 1 aromatic heterocycles. The van der Waals surface area contributed by atoms with Crippen LogP contribution in [-0.2, 0) is 10.0 Å². The molecule has 1 aliphatic heterocycles. The molecule has 2 aromatic rings. The van der Waals surface area contributed by atoms with Gasteiger partial charge in [-0.2, -0.15) is 4.31 Å². The van der Waals surface area contributed by atoms with Gasteiger partial charge in [-0.05, 0) is 44.0 Å². The summed E-state index contributed by atoms with van der Waals surface area (Å²) in [5, 5.41) is 3.82. The quantitative estimate of drug-likeness (QED) is 0.874. The highest BCUT2D eigenvalue weighted by molar-refractivity contribution is 7.89. The van der Waals surface area contributed by atoms with Crippen LogP contribution in [0, 0.1) is 12.7 Å². The highest BCUT2D eigenvalue weighted by Crippen LogP contribution is 2.36. The average molecular weight is 310 g/mol. The van der Waals surface area contributed by atoms with Crippen molar-refractivity contribution in [1.29, 1.82) is 0 Å². The van der Waals surface area contributed by atoms with Gasteiger partial charge in [0.2, 0.25) is 10.0 Å². The third-order valence-corrected chi connectivity index (χ3v) is 5.52. The zero-order valence-corrected chi connectivity index (χ0v) is 12.3. The standard InChI is InChI=1S/C14H15FN2O3S/c1-10-9-14(20-16-10)13-3-2-8-17(13)21(18,19)12-6-4-11(15)5-7-12/h4-7,9,13H,2-3,8H2,1H3. The normalized spacial score (nSPS) is 20.0. The van der Waals surface area contributed by atoms with Crippen molar-refractivity contribution >= 4 is 10.0 Å². The second kappa shape index (κ2) is 5.23. The van der Waals surface area contributed by atoms with Crippen molar-refractivity contribution in [3.8, 4) is 0 Å². The molecular formula is C14H15FN2O3S. The topological polar surface area (TPSA) is 63.4 Å². The predicted molar refractivity (Wildman–Crippen MR) is 73.5 cm³/mol. The van der Waals surface area contributed by atoms with Gasteiger partial charge in [0.1, 0.15) is 5.82 Å². The Morgan fingerprint density at radius 1 is 1.33 bits per heavy atom. The van der Waals surface area contributed by atoms with E-state index in [2.05, 4.69) is 5.16 Å². The molecular weight excluding hydrogens is 295 g/mol. The van der Waals surface area contributed by atoms with Crippen molar-refractivity contribution in [3.63, 3.8) is 0 Å². The van der Waals surface area contributed by atoms with Gasteiger partial charge in [0.05, 0.1) is 16.6 Å². The van der Waals surface area contributed by atoms with E-state index < -0.39 is 15.8 Å². The number of hydrogen-bond donors (Lipinski definition) is 0. The molecule has 112 valence electrons. The summed E-state index contributed by atoms with van der Waals surface area (Å²) in [6, 6.07) is 6.27. The van der Waals surface area contributed by atoms with E-state index in [1.807, 2.05) is 0 Å². The summed E-state index contributed by atoms with van der Waals surface area (Å²) in [5.41, 5.74) is 0.719. The van der Waals surface area contributed by atoms with Gasteiger partial charge in [-0.25, -0.2) is 12.8 Å². The lowest BCUT2D eigenvalue weighted by Crippen LogP contribution is -2.30. The van der Waals surface area contributed by atoms with Crippen molar-refractivity contribution in [2.45, 2.75) is 30.7 Å². The minimum atomic E-state index is -3.66. The van der Waals surface area contributed by atoms with Crippen LogP contribution in [0.25, 0.3) is 0 Å². The molecule has 1 aromatic carbocycles. The highest BCUT2D eigenvalue weighted by Gasteiger charge is 2.38. The van der Waals surface area contributed by atoms with Gasteiger partial charge in [0.15, 0.2) is 5.76 Å². The molecule has 7 heteroatoms. The van der Waals surface area contributed by atoms with Gasteiger partial charge in [-0.1, -0.05) is 5.16 Å². The highest BCUT2D eigenvalue weighted by atomic mass is 32.2. The molecule has 0 aliphatic carbocycles. The lowest BCUT2D eigenvalue weighted by Gasteiger charge is -2.22.